The zero-order valence-corrected chi connectivity index (χ0v) is 26.5. The Morgan fingerprint density at radius 1 is 0.894 bits per heavy atom. The fourth-order valence-corrected chi connectivity index (χ4v) is 5.97. The third kappa shape index (κ3) is 7.29. The first-order chi connectivity index (χ1) is 22.3. The minimum absolute atomic E-state index is 0.0319. The Morgan fingerprint density at radius 2 is 1.53 bits per heavy atom. The molecule has 0 radical (unpaired) electrons. The van der Waals surface area contributed by atoms with Crippen molar-refractivity contribution in [2.45, 2.75) is 52.6 Å². The second-order valence-electron chi connectivity index (χ2n) is 12.6. The molecule has 11 heteroatoms. The number of fused-ring (bicyclic) bond motifs is 1. The van der Waals surface area contributed by atoms with Crippen molar-refractivity contribution in [2.75, 3.05) is 13.1 Å². The molecule has 1 aliphatic heterocycles. The highest BCUT2D eigenvalue weighted by Gasteiger charge is 2.39. The molecule has 0 aliphatic carbocycles. The van der Waals surface area contributed by atoms with Gasteiger partial charge >= 0.3 is 5.97 Å². The Balaban J connectivity index is 1.54. The molecule has 0 bridgehead atoms. The number of halogens is 2. The molecule has 0 saturated heterocycles. The summed E-state index contributed by atoms with van der Waals surface area (Å²) in [5.41, 5.74) is 0.982. The summed E-state index contributed by atoms with van der Waals surface area (Å²) in [5, 5.41) is 9.37. The second-order valence-corrected chi connectivity index (χ2v) is 12.6. The number of nitrogens with zero attached hydrogens (tertiary/aromatic N) is 4. The van der Waals surface area contributed by atoms with Crippen molar-refractivity contribution in [3.05, 3.63) is 113 Å². The van der Waals surface area contributed by atoms with Gasteiger partial charge in [0.1, 0.15) is 17.5 Å². The number of imide groups is 1. The molecule has 0 spiro atoms. The van der Waals surface area contributed by atoms with E-state index in [-0.39, 0.29) is 37.2 Å². The highest BCUT2D eigenvalue weighted by molar-refractivity contribution is 6.21. The van der Waals surface area contributed by atoms with Crippen LogP contribution in [-0.2, 0) is 16.1 Å². The maximum Gasteiger partial charge on any atom is 0.303 e. The van der Waals surface area contributed by atoms with Gasteiger partial charge in [0.2, 0.25) is 5.91 Å². The summed E-state index contributed by atoms with van der Waals surface area (Å²) >= 11 is 0. The fourth-order valence-electron chi connectivity index (χ4n) is 5.97. The molecular formula is C36H36F2N4O5. The number of aliphatic carboxylic acids is 1. The number of amides is 3. The van der Waals surface area contributed by atoms with Gasteiger partial charge in [-0.05, 0) is 47.7 Å². The monoisotopic (exact) mass is 642 g/mol. The van der Waals surface area contributed by atoms with Crippen molar-refractivity contribution in [1.82, 2.24) is 19.4 Å². The Hall–Kier alpha value is -5.19. The van der Waals surface area contributed by atoms with Crippen molar-refractivity contribution in [3.63, 3.8) is 0 Å². The van der Waals surface area contributed by atoms with Gasteiger partial charge in [-0.25, -0.2) is 13.8 Å². The number of benzene rings is 3. The quantitative estimate of drug-likeness (QED) is 0.181. The van der Waals surface area contributed by atoms with Gasteiger partial charge in [-0.15, -0.1) is 0 Å². The smallest absolute Gasteiger partial charge is 0.303 e. The van der Waals surface area contributed by atoms with Crippen LogP contribution >= 0.6 is 0 Å². The lowest BCUT2D eigenvalue weighted by molar-refractivity contribution is -0.143. The lowest BCUT2D eigenvalue weighted by Crippen LogP contribution is -2.44. The van der Waals surface area contributed by atoms with Crippen LogP contribution in [0, 0.1) is 17.0 Å². The lowest BCUT2D eigenvalue weighted by atomic mass is 9.84. The van der Waals surface area contributed by atoms with Crippen LogP contribution in [0.4, 0.5) is 8.78 Å². The van der Waals surface area contributed by atoms with Gasteiger partial charge in [0.15, 0.2) is 0 Å². The third-order valence-corrected chi connectivity index (χ3v) is 8.12. The van der Waals surface area contributed by atoms with Crippen molar-refractivity contribution < 1.29 is 33.1 Å². The Morgan fingerprint density at radius 3 is 2.15 bits per heavy atom. The molecule has 0 fully saturated rings. The highest BCUT2D eigenvalue weighted by atomic mass is 19.1. The molecule has 0 saturated carbocycles. The topological polar surface area (TPSA) is 113 Å². The first-order valence-corrected chi connectivity index (χ1v) is 15.4. The van der Waals surface area contributed by atoms with Crippen LogP contribution in [0.15, 0.2) is 79.0 Å². The molecule has 1 aromatic heterocycles. The second kappa shape index (κ2) is 13.7. The van der Waals surface area contributed by atoms with Crippen molar-refractivity contribution in [3.8, 4) is 11.3 Å². The minimum Gasteiger partial charge on any atom is -0.481 e. The number of carboxylic acid groups (broad SMARTS) is 1. The van der Waals surface area contributed by atoms with E-state index in [1.54, 1.807) is 35.0 Å². The Labute approximate surface area is 271 Å². The number of carbonyl (C=O) groups is 4. The largest absolute Gasteiger partial charge is 0.481 e. The average molecular weight is 643 g/mol. The number of rotatable bonds is 12. The van der Waals surface area contributed by atoms with E-state index in [9.17, 15) is 28.7 Å². The molecule has 244 valence electrons. The van der Waals surface area contributed by atoms with Gasteiger partial charge in [-0.2, -0.15) is 0 Å². The minimum atomic E-state index is -1.13. The molecule has 1 N–H and O–H groups in total. The van der Waals surface area contributed by atoms with E-state index in [4.69, 9.17) is 4.98 Å². The van der Waals surface area contributed by atoms with Crippen LogP contribution in [0.3, 0.4) is 0 Å². The van der Waals surface area contributed by atoms with Crippen LogP contribution < -0.4 is 0 Å². The number of aromatic nitrogens is 2. The van der Waals surface area contributed by atoms with Crippen molar-refractivity contribution >= 4 is 23.7 Å². The molecule has 2 heterocycles. The number of hydrogen-bond acceptors (Lipinski definition) is 5. The summed E-state index contributed by atoms with van der Waals surface area (Å²) in [7, 11) is 0. The lowest BCUT2D eigenvalue weighted by Gasteiger charge is -2.40. The van der Waals surface area contributed by atoms with Gasteiger partial charge in [0.05, 0.1) is 29.3 Å². The van der Waals surface area contributed by atoms with Crippen LogP contribution in [0.2, 0.25) is 0 Å². The van der Waals surface area contributed by atoms with Crippen LogP contribution in [-0.4, -0.2) is 61.2 Å². The number of carbonyl (C=O) groups excluding carboxylic acids is 3. The first-order valence-electron chi connectivity index (χ1n) is 15.4. The van der Waals surface area contributed by atoms with Crippen molar-refractivity contribution in [2.24, 2.45) is 5.41 Å². The highest BCUT2D eigenvalue weighted by Crippen LogP contribution is 2.40. The van der Waals surface area contributed by atoms with E-state index in [1.807, 2.05) is 51.1 Å². The predicted molar refractivity (Wildman–Crippen MR) is 170 cm³/mol. The van der Waals surface area contributed by atoms with Gasteiger partial charge in [-0.3, -0.25) is 24.1 Å². The molecule has 4 aromatic rings. The standard InChI is InChI=1S/C36H36F2N4O5/c1-36(2,3)32(33-39-29(27-20-24(37)14-15-28(27)38)22-40(33)21-23-10-5-4-6-11-23)41(30(43)16-17-31(44)45)18-9-19-42-34(46)25-12-7-8-13-26(25)35(42)47/h4-8,10-15,20,22,32H,9,16-19,21H2,1-3H3,(H,44,45)/t32-/m0/s1. The van der Waals surface area contributed by atoms with Gasteiger partial charge in [0.25, 0.3) is 11.8 Å². The third-order valence-electron chi connectivity index (χ3n) is 8.12. The van der Waals surface area contributed by atoms with Crippen LogP contribution in [0.5, 0.6) is 0 Å². The zero-order valence-electron chi connectivity index (χ0n) is 26.5. The fraction of sp³-hybridized carbons (Fsp3) is 0.306. The number of hydrogen-bond donors (Lipinski definition) is 1. The van der Waals surface area contributed by atoms with E-state index < -0.39 is 53.2 Å². The molecule has 1 atom stereocenters. The predicted octanol–water partition coefficient (Wildman–Crippen LogP) is 6.34. The average Bonchev–Trinajstić information content (AvgIpc) is 3.54. The van der Waals surface area contributed by atoms with E-state index in [2.05, 4.69) is 0 Å². The maximum absolute atomic E-state index is 15.0. The molecule has 3 amide bonds. The zero-order chi connectivity index (χ0) is 33.9. The molecule has 47 heavy (non-hydrogen) atoms. The van der Waals surface area contributed by atoms with Crippen LogP contribution in [0.1, 0.15) is 78.2 Å². The maximum atomic E-state index is 15.0. The Bertz CT molecular complexity index is 1780. The van der Waals surface area contributed by atoms with Crippen LogP contribution in [0.25, 0.3) is 11.3 Å². The first kappa shape index (κ1) is 33.2. The molecule has 1 aliphatic rings. The van der Waals surface area contributed by atoms with Gasteiger partial charge in [-0.1, -0.05) is 63.2 Å². The normalized spacial score (nSPS) is 13.5. The van der Waals surface area contributed by atoms with E-state index in [1.165, 1.54) is 4.90 Å². The molecule has 0 unspecified atom stereocenters. The summed E-state index contributed by atoms with van der Waals surface area (Å²) in [5.74, 6) is -3.32. The van der Waals surface area contributed by atoms with E-state index in [0.717, 1.165) is 28.7 Å². The SMILES string of the molecule is CC(C)(C)[C@H](c1nc(-c2cc(F)ccc2F)cn1Cc1ccccc1)N(CCCN1C(=O)c2ccccc2C1=O)C(=O)CCC(=O)O. The summed E-state index contributed by atoms with van der Waals surface area (Å²) in [6.07, 6.45) is 1.14. The summed E-state index contributed by atoms with van der Waals surface area (Å²) in [6.45, 7) is 6.12. The number of carboxylic acids is 1. The summed E-state index contributed by atoms with van der Waals surface area (Å²) in [4.78, 5) is 58.8. The van der Waals surface area contributed by atoms with Gasteiger partial charge < -0.3 is 14.6 Å². The summed E-state index contributed by atoms with van der Waals surface area (Å²) in [6, 6.07) is 18.4. The molecule has 3 aromatic carbocycles. The van der Waals surface area contributed by atoms with Gasteiger partial charge in [0, 0.05) is 37.8 Å². The molecular weight excluding hydrogens is 606 g/mol. The summed E-state index contributed by atoms with van der Waals surface area (Å²) < 4.78 is 31.1. The van der Waals surface area contributed by atoms with Crippen molar-refractivity contribution in [1.29, 1.82) is 0 Å². The number of imidazole rings is 1. The van der Waals surface area contributed by atoms with E-state index >= 15 is 4.39 Å². The molecule has 9 nitrogen and oxygen atoms in total. The van der Waals surface area contributed by atoms with E-state index in [0.29, 0.717) is 23.5 Å². The molecule has 5 rings (SSSR count). The Kier molecular flexibility index (Phi) is 9.64.